The standard InChI is InChI=1S/C15H21ClN4O/c1-2-12(10-19-6-4-3-5-7-19)20-13-8-11(16)9-17-14(13)18-15(20)21/h8-9,12H,2-7,10H2,1H3,(H,17,18,21)/t12-/m1/s1. The lowest BCUT2D eigenvalue weighted by Crippen LogP contribution is -2.34. The molecule has 3 rings (SSSR count). The fraction of sp³-hybridized carbons (Fsp3) is 0.600. The van der Waals surface area contributed by atoms with Crippen LogP contribution in [0.2, 0.25) is 5.02 Å². The highest BCUT2D eigenvalue weighted by Crippen LogP contribution is 2.28. The Balaban J connectivity index is 1.92. The largest absolute Gasteiger partial charge is 0.480 e. The van der Waals surface area contributed by atoms with Gasteiger partial charge in [-0.2, -0.15) is 4.98 Å². The first-order chi connectivity index (χ1) is 10.2. The molecule has 5 nitrogen and oxygen atoms in total. The number of aromatic nitrogens is 3. The average molecular weight is 309 g/mol. The van der Waals surface area contributed by atoms with Crippen LogP contribution < -0.4 is 0 Å². The van der Waals surface area contributed by atoms with E-state index >= 15 is 0 Å². The molecule has 0 radical (unpaired) electrons. The molecule has 114 valence electrons. The van der Waals surface area contributed by atoms with Crippen molar-refractivity contribution in [3.8, 4) is 6.01 Å². The van der Waals surface area contributed by atoms with Crippen LogP contribution in [0.25, 0.3) is 11.2 Å². The van der Waals surface area contributed by atoms with Gasteiger partial charge >= 0.3 is 0 Å². The van der Waals surface area contributed by atoms with Crippen LogP contribution in [0.15, 0.2) is 12.3 Å². The van der Waals surface area contributed by atoms with E-state index in [9.17, 15) is 5.11 Å². The number of nitrogens with zero attached hydrogens (tertiary/aromatic N) is 4. The van der Waals surface area contributed by atoms with Crippen LogP contribution in [0.3, 0.4) is 0 Å². The highest BCUT2D eigenvalue weighted by molar-refractivity contribution is 6.31. The molecule has 1 saturated heterocycles. The van der Waals surface area contributed by atoms with Gasteiger partial charge in [0.05, 0.1) is 16.6 Å². The maximum absolute atomic E-state index is 10.2. The van der Waals surface area contributed by atoms with Crippen molar-refractivity contribution in [3.05, 3.63) is 17.3 Å². The number of halogens is 1. The first kappa shape index (κ1) is 14.6. The molecule has 0 bridgehead atoms. The summed E-state index contributed by atoms with van der Waals surface area (Å²) in [5.74, 6) is 0. The monoisotopic (exact) mass is 308 g/mol. The minimum Gasteiger partial charge on any atom is -0.480 e. The van der Waals surface area contributed by atoms with E-state index in [1.165, 1.54) is 19.3 Å². The van der Waals surface area contributed by atoms with Crippen LogP contribution in [0.1, 0.15) is 38.6 Å². The van der Waals surface area contributed by atoms with Crippen molar-refractivity contribution >= 4 is 22.8 Å². The number of likely N-dealkylation sites (tertiary alicyclic amines) is 1. The van der Waals surface area contributed by atoms with Gasteiger partial charge in [-0.05, 0) is 38.4 Å². The SMILES string of the molecule is CC[C@H](CN1CCCCC1)n1c(O)nc2ncc(Cl)cc21. The molecule has 3 heterocycles. The smallest absolute Gasteiger partial charge is 0.296 e. The summed E-state index contributed by atoms with van der Waals surface area (Å²) in [5.41, 5.74) is 1.36. The van der Waals surface area contributed by atoms with Gasteiger partial charge in [-0.3, -0.25) is 4.57 Å². The van der Waals surface area contributed by atoms with E-state index in [0.717, 1.165) is 31.6 Å². The van der Waals surface area contributed by atoms with E-state index < -0.39 is 0 Å². The molecule has 0 amide bonds. The molecule has 0 aliphatic carbocycles. The van der Waals surface area contributed by atoms with Crippen LogP contribution in [-0.4, -0.2) is 44.2 Å². The second kappa shape index (κ2) is 6.20. The van der Waals surface area contributed by atoms with Gasteiger partial charge in [-0.1, -0.05) is 24.9 Å². The third-order valence-corrected chi connectivity index (χ3v) is 4.46. The van der Waals surface area contributed by atoms with Crippen LogP contribution in [0.5, 0.6) is 6.01 Å². The van der Waals surface area contributed by atoms with Gasteiger partial charge in [0.15, 0.2) is 5.65 Å². The molecular formula is C15H21ClN4O. The fourth-order valence-electron chi connectivity index (χ4n) is 3.13. The first-order valence-corrected chi connectivity index (χ1v) is 8.01. The Labute approximate surface area is 129 Å². The van der Waals surface area contributed by atoms with Crippen molar-refractivity contribution in [1.82, 2.24) is 19.4 Å². The number of rotatable bonds is 4. The summed E-state index contributed by atoms with van der Waals surface area (Å²) in [6.45, 7) is 5.35. The Kier molecular flexibility index (Phi) is 4.31. The summed E-state index contributed by atoms with van der Waals surface area (Å²) in [5, 5.41) is 10.8. The second-order valence-electron chi connectivity index (χ2n) is 5.70. The highest BCUT2D eigenvalue weighted by atomic mass is 35.5. The second-order valence-corrected chi connectivity index (χ2v) is 6.14. The fourth-order valence-corrected chi connectivity index (χ4v) is 3.29. The Hall–Kier alpha value is -1.33. The van der Waals surface area contributed by atoms with Crippen molar-refractivity contribution in [3.63, 3.8) is 0 Å². The summed E-state index contributed by atoms with van der Waals surface area (Å²) in [6.07, 6.45) is 6.35. The number of hydrogen-bond acceptors (Lipinski definition) is 4. The third kappa shape index (κ3) is 2.99. The van der Waals surface area contributed by atoms with Crippen molar-refractivity contribution < 1.29 is 5.11 Å². The highest BCUT2D eigenvalue weighted by Gasteiger charge is 2.22. The molecule has 1 fully saturated rings. The molecule has 0 spiro atoms. The zero-order chi connectivity index (χ0) is 14.8. The number of piperidine rings is 1. The molecular weight excluding hydrogens is 288 g/mol. The van der Waals surface area contributed by atoms with E-state index in [-0.39, 0.29) is 12.1 Å². The average Bonchev–Trinajstić information content (AvgIpc) is 2.81. The number of imidazole rings is 1. The minimum absolute atomic E-state index is 0.0311. The first-order valence-electron chi connectivity index (χ1n) is 7.64. The molecule has 1 aliphatic rings. The van der Waals surface area contributed by atoms with E-state index in [0.29, 0.717) is 10.7 Å². The molecule has 0 saturated carbocycles. The Morgan fingerprint density at radius 2 is 2.10 bits per heavy atom. The third-order valence-electron chi connectivity index (χ3n) is 4.25. The van der Waals surface area contributed by atoms with Crippen LogP contribution in [-0.2, 0) is 0 Å². The number of pyridine rings is 1. The quantitative estimate of drug-likeness (QED) is 0.942. The molecule has 2 aromatic rings. The predicted octanol–water partition coefficient (Wildman–Crippen LogP) is 3.23. The number of hydrogen-bond donors (Lipinski definition) is 1. The van der Waals surface area contributed by atoms with Crippen molar-refractivity contribution in [2.45, 2.75) is 38.6 Å². The van der Waals surface area contributed by atoms with Crippen molar-refractivity contribution in [2.75, 3.05) is 19.6 Å². The molecule has 0 aromatic carbocycles. The summed E-state index contributed by atoms with van der Waals surface area (Å²) >= 11 is 6.04. The van der Waals surface area contributed by atoms with Crippen LogP contribution in [0, 0.1) is 0 Å². The van der Waals surface area contributed by atoms with E-state index in [1.807, 2.05) is 10.6 Å². The number of fused-ring (bicyclic) bond motifs is 1. The zero-order valence-corrected chi connectivity index (χ0v) is 13.1. The molecule has 2 aromatic heterocycles. The molecule has 1 atom stereocenters. The van der Waals surface area contributed by atoms with Gasteiger partial charge in [0.2, 0.25) is 0 Å². The van der Waals surface area contributed by atoms with E-state index in [1.54, 1.807) is 6.20 Å². The molecule has 1 N–H and O–H groups in total. The van der Waals surface area contributed by atoms with Gasteiger partial charge < -0.3 is 10.0 Å². The van der Waals surface area contributed by atoms with Crippen LogP contribution in [0.4, 0.5) is 0 Å². The van der Waals surface area contributed by atoms with Gasteiger partial charge in [-0.25, -0.2) is 4.98 Å². The predicted molar refractivity (Wildman–Crippen MR) is 83.8 cm³/mol. The molecule has 21 heavy (non-hydrogen) atoms. The minimum atomic E-state index is 0.0311. The summed E-state index contributed by atoms with van der Waals surface area (Å²) in [7, 11) is 0. The van der Waals surface area contributed by atoms with Gasteiger partial charge in [0.25, 0.3) is 6.01 Å². The van der Waals surface area contributed by atoms with Gasteiger partial charge in [0, 0.05) is 12.7 Å². The van der Waals surface area contributed by atoms with Crippen LogP contribution >= 0.6 is 11.6 Å². The normalized spacial score (nSPS) is 18.2. The lowest BCUT2D eigenvalue weighted by atomic mass is 10.1. The molecule has 0 unspecified atom stereocenters. The molecule has 1 aliphatic heterocycles. The lowest BCUT2D eigenvalue weighted by molar-refractivity contribution is 0.190. The summed E-state index contributed by atoms with van der Waals surface area (Å²) in [4.78, 5) is 10.8. The van der Waals surface area contributed by atoms with Crippen molar-refractivity contribution in [1.29, 1.82) is 0 Å². The maximum atomic E-state index is 10.2. The summed E-state index contributed by atoms with van der Waals surface area (Å²) < 4.78 is 1.88. The summed E-state index contributed by atoms with van der Waals surface area (Å²) in [6, 6.07) is 2.05. The zero-order valence-electron chi connectivity index (χ0n) is 12.3. The van der Waals surface area contributed by atoms with E-state index in [2.05, 4.69) is 21.8 Å². The van der Waals surface area contributed by atoms with Gasteiger partial charge in [0.1, 0.15) is 0 Å². The lowest BCUT2D eigenvalue weighted by Gasteiger charge is -2.30. The van der Waals surface area contributed by atoms with Gasteiger partial charge in [-0.15, -0.1) is 0 Å². The number of aromatic hydroxyl groups is 1. The molecule has 6 heteroatoms. The van der Waals surface area contributed by atoms with E-state index in [4.69, 9.17) is 11.6 Å². The Bertz CT molecular complexity index is 621. The Morgan fingerprint density at radius 3 is 2.81 bits per heavy atom. The van der Waals surface area contributed by atoms with Crippen molar-refractivity contribution in [2.24, 2.45) is 0 Å². The maximum Gasteiger partial charge on any atom is 0.296 e. The Morgan fingerprint density at radius 1 is 1.33 bits per heavy atom. The topological polar surface area (TPSA) is 54.2 Å².